The summed E-state index contributed by atoms with van der Waals surface area (Å²) in [4.78, 5) is 17.1. The van der Waals surface area contributed by atoms with Crippen molar-refractivity contribution in [3.8, 4) is 5.75 Å². The van der Waals surface area contributed by atoms with Crippen molar-refractivity contribution in [3.05, 3.63) is 24.5 Å². The molecule has 0 spiro atoms. The van der Waals surface area contributed by atoms with Gasteiger partial charge in [-0.1, -0.05) is 0 Å². The molecule has 1 fully saturated rings. The number of pyridine rings is 1. The van der Waals surface area contributed by atoms with Crippen LogP contribution in [0.4, 0.5) is 4.79 Å². The third-order valence-corrected chi connectivity index (χ3v) is 2.58. The maximum atomic E-state index is 11.4. The van der Waals surface area contributed by atoms with E-state index in [0.29, 0.717) is 6.54 Å². The topological polar surface area (TPSA) is 54.5 Å². The first-order valence-corrected chi connectivity index (χ1v) is 5.33. The summed E-state index contributed by atoms with van der Waals surface area (Å²) in [6, 6.07) is 3.66. The molecule has 86 valence electrons. The van der Waals surface area contributed by atoms with Crippen molar-refractivity contribution in [1.29, 1.82) is 0 Å². The van der Waals surface area contributed by atoms with Gasteiger partial charge < -0.3 is 15.0 Å². The Labute approximate surface area is 94.4 Å². The molecule has 2 heterocycles. The van der Waals surface area contributed by atoms with Gasteiger partial charge in [0.25, 0.3) is 0 Å². The monoisotopic (exact) mass is 221 g/mol. The number of nitrogens with zero attached hydrogens (tertiary/aromatic N) is 2. The molecule has 1 atom stereocenters. The Balaban J connectivity index is 1.88. The molecular weight excluding hydrogens is 206 g/mol. The van der Waals surface area contributed by atoms with E-state index in [2.05, 4.69) is 10.3 Å². The first kappa shape index (κ1) is 10.7. The van der Waals surface area contributed by atoms with Crippen LogP contribution in [0.2, 0.25) is 0 Å². The normalized spacial score (nSPS) is 19.6. The zero-order valence-corrected chi connectivity index (χ0v) is 9.22. The maximum absolute atomic E-state index is 11.4. The van der Waals surface area contributed by atoms with Crippen LogP contribution in [0.3, 0.4) is 0 Å². The van der Waals surface area contributed by atoms with Gasteiger partial charge in [0, 0.05) is 26.2 Å². The lowest BCUT2D eigenvalue weighted by Gasteiger charge is -2.16. The minimum Gasteiger partial charge on any atom is -0.487 e. The fourth-order valence-electron chi connectivity index (χ4n) is 1.78. The average molecular weight is 221 g/mol. The van der Waals surface area contributed by atoms with Crippen LogP contribution < -0.4 is 10.1 Å². The van der Waals surface area contributed by atoms with Gasteiger partial charge in [-0.15, -0.1) is 0 Å². The van der Waals surface area contributed by atoms with Crippen LogP contribution in [0.5, 0.6) is 5.75 Å². The second-order valence-corrected chi connectivity index (χ2v) is 3.72. The number of urea groups is 1. The van der Waals surface area contributed by atoms with Crippen LogP contribution in [0.25, 0.3) is 0 Å². The van der Waals surface area contributed by atoms with E-state index in [1.165, 1.54) is 0 Å². The molecule has 1 N–H and O–H groups in total. The largest absolute Gasteiger partial charge is 0.487 e. The Morgan fingerprint density at radius 2 is 2.56 bits per heavy atom. The first-order valence-electron chi connectivity index (χ1n) is 5.33. The molecule has 0 radical (unpaired) electrons. The zero-order valence-electron chi connectivity index (χ0n) is 9.22. The Kier molecular flexibility index (Phi) is 3.24. The van der Waals surface area contributed by atoms with E-state index in [0.717, 1.165) is 18.7 Å². The second-order valence-electron chi connectivity index (χ2n) is 3.72. The smallest absolute Gasteiger partial charge is 0.317 e. The summed E-state index contributed by atoms with van der Waals surface area (Å²) in [5.41, 5.74) is 0. The van der Waals surface area contributed by atoms with Gasteiger partial charge in [-0.05, 0) is 12.1 Å². The molecule has 0 aromatic carbocycles. The highest BCUT2D eigenvalue weighted by molar-refractivity contribution is 5.74. The predicted molar refractivity (Wildman–Crippen MR) is 59.3 cm³/mol. The van der Waals surface area contributed by atoms with E-state index in [1.54, 1.807) is 24.3 Å². The molecule has 1 saturated heterocycles. The Hall–Kier alpha value is -1.78. The summed E-state index contributed by atoms with van der Waals surface area (Å²) >= 11 is 0. The Morgan fingerprint density at radius 3 is 3.25 bits per heavy atom. The van der Waals surface area contributed by atoms with Crippen LogP contribution >= 0.6 is 0 Å². The molecule has 5 heteroatoms. The molecule has 0 saturated carbocycles. The minimum absolute atomic E-state index is 0.0442. The number of ether oxygens (including phenoxy) is 1. The van der Waals surface area contributed by atoms with E-state index in [1.807, 2.05) is 12.1 Å². The number of carbonyl (C=O) groups excluding carboxylic acids is 1. The highest BCUT2D eigenvalue weighted by Gasteiger charge is 2.26. The third-order valence-electron chi connectivity index (χ3n) is 2.58. The average Bonchev–Trinajstić information content (AvgIpc) is 2.78. The quantitative estimate of drug-likeness (QED) is 0.806. The molecule has 1 aromatic rings. The molecular formula is C11H15N3O2. The van der Waals surface area contributed by atoms with Crippen LogP contribution in [0.15, 0.2) is 24.5 Å². The van der Waals surface area contributed by atoms with Gasteiger partial charge in [-0.2, -0.15) is 0 Å². The molecule has 1 aliphatic rings. The standard InChI is InChI=1S/C11H15N3O2/c1-12-11(15)14-6-4-10(8-14)16-9-3-2-5-13-7-9/h2-3,5,7,10H,4,6,8H2,1H3,(H,12,15). The van der Waals surface area contributed by atoms with E-state index in [4.69, 9.17) is 4.74 Å². The summed E-state index contributed by atoms with van der Waals surface area (Å²) < 4.78 is 5.72. The summed E-state index contributed by atoms with van der Waals surface area (Å²) in [7, 11) is 1.64. The second kappa shape index (κ2) is 4.83. The van der Waals surface area contributed by atoms with Crippen molar-refractivity contribution in [2.75, 3.05) is 20.1 Å². The molecule has 0 bridgehead atoms. The fraction of sp³-hybridized carbons (Fsp3) is 0.455. The lowest BCUT2D eigenvalue weighted by atomic mass is 10.3. The van der Waals surface area contributed by atoms with E-state index in [-0.39, 0.29) is 12.1 Å². The Bertz CT molecular complexity index is 356. The van der Waals surface area contributed by atoms with Crippen LogP contribution in [0.1, 0.15) is 6.42 Å². The molecule has 1 aromatic heterocycles. The van der Waals surface area contributed by atoms with Gasteiger partial charge in [0.05, 0.1) is 12.7 Å². The number of aromatic nitrogens is 1. The number of carbonyl (C=O) groups is 1. The number of likely N-dealkylation sites (tertiary alicyclic amines) is 1. The van der Waals surface area contributed by atoms with Gasteiger partial charge in [0.15, 0.2) is 0 Å². The summed E-state index contributed by atoms with van der Waals surface area (Å²) in [6.07, 6.45) is 4.32. The van der Waals surface area contributed by atoms with Crippen LogP contribution in [-0.2, 0) is 0 Å². The predicted octanol–water partition coefficient (Wildman–Crippen LogP) is 0.874. The Morgan fingerprint density at radius 1 is 1.69 bits per heavy atom. The maximum Gasteiger partial charge on any atom is 0.317 e. The molecule has 1 aliphatic heterocycles. The van der Waals surface area contributed by atoms with Crippen molar-refractivity contribution < 1.29 is 9.53 Å². The van der Waals surface area contributed by atoms with Crippen LogP contribution in [0, 0.1) is 0 Å². The fourth-order valence-corrected chi connectivity index (χ4v) is 1.78. The number of hydrogen-bond acceptors (Lipinski definition) is 3. The highest BCUT2D eigenvalue weighted by atomic mass is 16.5. The summed E-state index contributed by atoms with van der Waals surface area (Å²) in [5, 5.41) is 2.61. The van der Waals surface area contributed by atoms with Crippen molar-refractivity contribution in [2.24, 2.45) is 0 Å². The number of hydrogen-bond donors (Lipinski definition) is 1. The van der Waals surface area contributed by atoms with Gasteiger partial charge >= 0.3 is 6.03 Å². The minimum atomic E-state index is -0.0442. The zero-order chi connectivity index (χ0) is 11.4. The number of nitrogens with one attached hydrogen (secondary N) is 1. The third kappa shape index (κ3) is 2.42. The van der Waals surface area contributed by atoms with Gasteiger partial charge in [-0.25, -0.2) is 4.79 Å². The summed E-state index contributed by atoms with van der Waals surface area (Å²) in [5.74, 6) is 0.756. The van der Waals surface area contributed by atoms with Crippen molar-refractivity contribution in [1.82, 2.24) is 15.2 Å². The molecule has 0 aliphatic carbocycles. The van der Waals surface area contributed by atoms with Crippen molar-refractivity contribution in [2.45, 2.75) is 12.5 Å². The van der Waals surface area contributed by atoms with Crippen LogP contribution in [-0.4, -0.2) is 42.2 Å². The molecule has 2 amide bonds. The summed E-state index contributed by atoms with van der Waals surface area (Å²) in [6.45, 7) is 1.37. The van der Waals surface area contributed by atoms with Gasteiger partial charge in [0.1, 0.15) is 11.9 Å². The lowest BCUT2D eigenvalue weighted by Crippen LogP contribution is -2.37. The molecule has 5 nitrogen and oxygen atoms in total. The van der Waals surface area contributed by atoms with Gasteiger partial charge in [0.2, 0.25) is 0 Å². The number of amides is 2. The SMILES string of the molecule is CNC(=O)N1CCC(Oc2cccnc2)C1. The van der Waals surface area contributed by atoms with E-state index in [9.17, 15) is 4.79 Å². The van der Waals surface area contributed by atoms with Crippen molar-refractivity contribution >= 4 is 6.03 Å². The number of rotatable bonds is 2. The lowest BCUT2D eigenvalue weighted by molar-refractivity contribution is 0.188. The highest BCUT2D eigenvalue weighted by Crippen LogP contribution is 2.16. The van der Waals surface area contributed by atoms with E-state index >= 15 is 0 Å². The molecule has 16 heavy (non-hydrogen) atoms. The first-order chi connectivity index (χ1) is 7.79. The van der Waals surface area contributed by atoms with Crippen molar-refractivity contribution in [3.63, 3.8) is 0 Å². The van der Waals surface area contributed by atoms with Gasteiger partial charge in [-0.3, -0.25) is 4.98 Å². The molecule has 1 unspecified atom stereocenters. The van der Waals surface area contributed by atoms with E-state index < -0.39 is 0 Å². The molecule has 2 rings (SSSR count).